The molecule has 0 atom stereocenters. The van der Waals surface area contributed by atoms with Gasteiger partial charge in [-0.1, -0.05) is 58.0 Å². The summed E-state index contributed by atoms with van der Waals surface area (Å²) < 4.78 is 4.54. The van der Waals surface area contributed by atoms with Crippen molar-refractivity contribution in [1.29, 1.82) is 0 Å². The van der Waals surface area contributed by atoms with Crippen molar-refractivity contribution < 1.29 is 14.3 Å². The van der Waals surface area contributed by atoms with Crippen LogP contribution >= 0.6 is 50.9 Å². The summed E-state index contributed by atoms with van der Waals surface area (Å²) >= 11 is 17.2. The zero-order chi connectivity index (χ0) is 25.9. The van der Waals surface area contributed by atoms with E-state index < -0.39 is 0 Å². The Morgan fingerprint density at radius 3 is 2.28 bits per heavy atom. The molecule has 0 saturated heterocycles. The number of thioether (sulfide) groups is 1. The van der Waals surface area contributed by atoms with Crippen LogP contribution in [0.3, 0.4) is 0 Å². The van der Waals surface area contributed by atoms with E-state index in [0.717, 1.165) is 28.9 Å². The Morgan fingerprint density at radius 1 is 1.03 bits per heavy atom. The molecule has 1 aromatic carbocycles. The van der Waals surface area contributed by atoms with Crippen LogP contribution in [-0.2, 0) is 15.8 Å². The molecule has 1 aliphatic rings. The lowest BCUT2D eigenvalue weighted by Crippen LogP contribution is -2.32. The Balaban J connectivity index is 0.000000253. The van der Waals surface area contributed by atoms with Crippen LogP contribution in [-0.4, -0.2) is 35.0 Å². The molecule has 1 fully saturated rings. The lowest BCUT2D eigenvalue weighted by molar-refractivity contribution is 0.0600. The highest BCUT2D eigenvalue weighted by molar-refractivity contribution is 9.08. The number of pyridine rings is 2. The molecule has 2 heterocycles. The summed E-state index contributed by atoms with van der Waals surface area (Å²) in [6.07, 6.45) is 11.1. The van der Waals surface area contributed by atoms with Gasteiger partial charge in [-0.3, -0.25) is 14.8 Å². The van der Waals surface area contributed by atoms with Crippen molar-refractivity contribution in [3.05, 3.63) is 87.4 Å². The number of ether oxygens (including phenoxy) is 1. The SMILES string of the molecule is COC(=O)c1cncc(CBr)c1.O=C(NC1CCCC1)c1cncc(CSc2c(Cl)cccc2Cl)c1. The number of methoxy groups -OCH3 is 1. The molecule has 0 aliphatic heterocycles. The van der Waals surface area contributed by atoms with Crippen LogP contribution in [0.15, 0.2) is 60.0 Å². The lowest BCUT2D eigenvalue weighted by Gasteiger charge is -2.12. The lowest BCUT2D eigenvalue weighted by atomic mass is 10.2. The smallest absolute Gasteiger partial charge is 0.339 e. The number of esters is 1. The van der Waals surface area contributed by atoms with Gasteiger partial charge in [0.05, 0.1) is 28.3 Å². The number of nitrogens with zero attached hydrogens (tertiary/aromatic N) is 2. The molecule has 0 bridgehead atoms. The fourth-order valence-electron chi connectivity index (χ4n) is 3.60. The van der Waals surface area contributed by atoms with Gasteiger partial charge in [0.2, 0.25) is 0 Å². The molecule has 0 spiro atoms. The summed E-state index contributed by atoms with van der Waals surface area (Å²) in [4.78, 5) is 32.3. The molecule has 2 aromatic heterocycles. The molecule has 4 rings (SSSR count). The van der Waals surface area contributed by atoms with E-state index in [0.29, 0.717) is 38.3 Å². The number of benzene rings is 1. The first-order chi connectivity index (χ1) is 17.4. The molecule has 0 unspecified atom stereocenters. The molecular weight excluding hydrogens is 585 g/mol. The van der Waals surface area contributed by atoms with Gasteiger partial charge in [-0.05, 0) is 48.2 Å². The van der Waals surface area contributed by atoms with E-state index in [1.54, 1.807) is 36.4 Å². The maximum absolute atomic E-state index is 12.3. The average molecular weight is 611 g/mol. The minimum absolute atomic E-state index is 0.0444. The standard InChI is InChI=1S/C18H18Cl2N2OS.C8H8BrNO2/c19-15-6-3-7-16(20)17(15)24-11-12-8-13(10-21-9-12)18(23)22-14-4-1-2-5-14;1-12-8(11)7-2-6(3-9)4-10-5-7/h3,6-10,14H,1-2,4-5,11H2,(H,22,23);2,4-5H,3H2,1H3. The average Bonchev–Trinajstić information content (AvgIpc) is 3.41. The number of hydrogen-bond acceptors (Lipinski definition) is 6. The molecular formula is C26H26BrCl2N3O3S. The quantitative estimate of drug-likeness (QED) is 0.174. The second-order valence-corrected chi connectivity index (χ2v) is 10.4. The van der Waals surface area contributed by atoms with E-state index in [4.69, 9.17) is 23.2 Å². The monoisotopic (exact) mass is 609 g/mol. The van der Waals surface area contributed by atoms with Crippen molar-refractivity contribution in [3.8, 4) is 0 Å². The van der Waals surface area contributed by atoms with E-state index in [2.05, 4.69) is 36.0 Å². The number of aromatic nitrogens is 2. The number of nitrogens with one attached hydrogen (secondary N) is 1. The van der Waals surface area contributed by atoms with E-state index in [1.807, 2.05) is 24.3 Å². The maximum atomic E-state index is 12.3. The van der Waals surface area contributed by atoms with Gasteiger partial charge in [0.1, 0.15) is 0 Å². The highest BCUT2D eigenvalue weighted by atomic mass is 79.9. The van der Waals surface area contributed by atoms with E-state index in [1.165, 1.54) is 26.1 Å². The van der Waals surface area contributed by atoms with Gasteiger partial charge in [0, 0.05) is 46.8 Å². The third-order valence-corrected chi connectivity index (χ3v) is 8.13. The van der Waals surface area contributed by atoms with Gasteiger partial charge < -0.3 is 10.1 Å². The molecule has 1 amide bonds. The minimum atomic E-state index is -0.356. The minimum Gasteiger partial charge on any atom is -0.465 e. The van der Waals surface area contributed by atoms with Crippen LogP contribution in [0.25, 0.3) is 0 Å². The summed E-state index contributed by atoms with van der Waals surface area (Å²) in [5, 5.41) is 5.04. The summed E-state index contributed by atoms with van der Waals surface area (Å²) in [5.74, 6) is 0.253. The molecule has 1 saturated carbocycles. The summed E-state index contributed by atoms with van der Waals surface area (Å²) in [5.41, 5.74) is 3.01. The molecule has 190 valence electrons. The van der Waals surface area contributed by atoms with Gasteiger partial charge in [-0.2, -0.15) is 0 Å². The number of halogens is 3. The van der Waals surface area contributed by atoms with Crippen LogP contribution < -0.4 is 5.32 Å². The largest absolute Gasteiger partial charge is 0.465 e. The summed E-state index contributed by atoms with van der Waals surface area (Å²) in [6.45, 7) is 0. The second-order valence-electron chi connectivity index (χ2n) is 8.08. The van der Waals surface area contributed by atoms with E-state index >= 15 is 0 Å². The fraction of sp³-hybridized carbons (Fsp3) is 0.308. The first-order valence-electron chi connectivity index (χ1n) is 11.3. The Bertz CT molecular complexity index is 1170. The van der Waals surface area contributed by atoms with E-state index in [9.17, 15) is 9.59 Å². The normalized spacial score (nSPS) is 13.0. The van der Waals surface area contributed by atoms with Gasteiger partial charge in [0.25, 0.3) is 5.91 Å². The van der Waals surface area contributed by atoms with Crippen LogP contribution in [0.2, 0.25) is 10.0 Å². The van der Waals surface area contributed by atoms with Gasteiger partial charge in [0.15, 0.2) is 0 Å². The highest BCUT2D eigenvalue weighted by Gasteiger charge is 2.18. The number of rotatable bonds is 7. The topological polar surface area (TPSA) is 81.2 Å². The van der Waals surface area contributed by atoms with Crippen molar-refractivity contribution in [3.63, 3.8) is 0 Å². The highest BCUT2D eigenvalue weighted by Crippen LogP contribution is 2.35. The summed E-state index contributed by atoms with van der Waals surface area (Å²) in [6, 6.07) is 9.39. The molecule has 36 heavy (non-hydrogen) atoms. The first kappa shape index (κ1) is 28.4. The van der Waals surface area contributed by atoms with Crippen molar-refractivity contribution in [2.75, 3.05) is 7.11 Å². The Hall–Kier alpha value is -2.13. The predicted molar refractivity (Wildman–Crippen MR) is 148 cm³/mol. The second kappa shape index (κ2) is 14.6. The summed E-state index contributed by atoms with van der Waals surface area (Å²) in [7, 11) is 1.35. The number of carbonyl (C=O) groups is 2. The Morgan fingerprint density at radius 2 is 1.64 bits per heavy atom. The number of hydrogen-bond donors (Lipinski definition) is 1. The molecule has 0 radical (unpaired) electrons. The van der Waals surface area contributed by atoms with Crippen molar-refractivity contribution in [2.24, 2.45) is 0 Å². The maximum Gasteiger partial charge on any atom is 0.339 e. The number of amides is 1. The molecule has 1 aliphatic carbocycles. The Labute approximate surface area is 233 Å². The predicted octanol–water partition coefficient (Wildman–Crippen LogP) is 7.12. The molecule has 3 aromatic rings. The van der Waals surface area contributed by atoms with Crippen LogP contribution in [0, 0.1) is 0 Å². The van der Waals surface area contributed by atoms with Gasteiger partial charge in [-0.25, -0.2) is 4.79 Å². The third-order valence-electron chi connectivity index (χ3n) is 5.42. The molecule has 6 nitrogen and oxygen atoms in total. The van der Waals surface area contributed by atoms with Crippen molar-refractivity contribution >= 4 is 62.8 Å². The van der Waals surface area contributed by atoms with Crippen LogP contribution in [0.4, 0.5) is 0 Å². The van der Waals surface area contributed by atoms with Crippen LogP contribution in [0.5, 0.6) is 0 Å². The Kier molecular flexibility index (Phi) is 11.5. The zero-order valence-corrected chi connectivity index (χ0v) is 23.6. The number of alkyl halides is 1. The van der Waals surface area contributed by atoms with E-state index in [-0.39, 0.29) is 11.9 Å². The zero-order valence-electron chi connectivity index (χ0n) is 19.7. The fourth-order valence-corrected chi connectivity index (χ4v) is 5.51. The van der Waals surface area contributed by atoms with Crippen molar-refractivity contribution in [1.82, 2.24) is 15.3 Å². The van der Waals surface area contributed by atoms with Crippen LogP contribution in [0.1, 0.15) is 57.5 Å². The molecule has 10 heteroatoms. The van der Waals surface area contributed by atoms with Crippen molar-refractivity contribution in [2.45, 2.75) is 47.7 Å². The first-order valence-corrected chi connectivity index (χ1v) is 14.2. The van der Waals surface area contributed by atoms with Gasteiger partial charge >= 0.3 is 5.97 Å². The molecule has 1 N–H and O–H groups in total. The number of carbonyl (C=O) groups excluding carboxylic acids is 2. The third kappa shape index (κ3) is 8.47. The van der Waals surface area contributed by atoms with Gasteiger partial charge in [-0.15, -0.1) is 11.8 Å².